The molecule has 1 aromatic rings. The van der Waals surface area contributed by atoms with Crippen molar-refractivity contribution in [2.24, 2.45) is 5.92 Å². The number of aryl methyl sites for hydroxylation is 2. The van der Waals surface area contributed by atoms with Gasteiger partial charge in [0.05, 0.1) is 24.9 Å². The standard InChI is InChI=1S/C14H26N2O2S/c1-6-12-11(3)19-14(16-12)13(10(2)9-18-5)15-7-8-17-4/h10,13,15H,6-9H2,1-5H3. The fourth-order valence-electron chi connectivity index (χ4n) is 2.12. The van der Waals surface area contributed by atoms with Crippen molar-refractivity contribution in [1.29, 1.82) is 0 Å². The van der Waals surface area contributed by atoms with Crippen LogP contribution in [-0.2, 0) is 15.9 Å². The molecule has 0 radical (unpaired) electrons. The highest BCUT2D eigenvalue weighted by Crippen LogP contribution is 2.28. The third kappa shape index (κ3) is 4.84. The molecule has 0 aliphatic rings. The summed E-state index contributed by atoms with van der Waals surface area (Å²) in [5.41, 5.74) is 1.21. The molecule has 0 saturated heterocycles. The summed E-state index contributed by atoms with van der Waals surface area (Å²) in [7, 11) is 3.46. The molecular weight excluding hydrogens is 260 g/mol. The zero-order chi connectivity index (χ0) is 14.3. The molecule has 0 spiro atoms. The Balaban J connectivity index is 2.80. The summed E-state index contributed by atoms with van der Waals surface area (Å²) in [6, 6.07) is 0.235. The molecule has 0 amide bonds. The molecule has 0 saturated carbocycles. The van der Waals surface area contributed by atoms with Crippen LogP contribution in [0.3, 0.4) is 0 Å². The smallest absolute Gasteiger partial charge is 0.110 e. The normalized spacial score (nSPS) is 14.6. The highest BCUT2D eigenvalue weighted by molar-refractivity contribution is 7.11. The minimum absolute atomic E-state index is 0.235. The maximum Gasteiger partial charge on any atom is 0.110 e. The van der Waals surface area contributed by atoms with Gasteiger partial charge in [-0.2, -0.15) is 0 Å². The van der Waals surface area contributed by atoms with Crippen LogP contribution < -0.4 is 5.32 Å². The van der Waals surface area contributed by atoms with Gasteiger partial charge >= 0.3 is 0 Å². The van der Waals surface area contributed by atoms with Crippen molar-refractivity contribution in [3.63, 3.8) is 0 Å². The van der Waals surface area contributed by atoms with E-state index in [-0.39, 0.29) is 6.04 Å². The molecule has 1 rings (SSSR count). The molecule has 2 unspecified atom stereocenters. The van der Waals surface area contributed by atoms with Crippen LogP contribution in [0.1, 0.15) is 35.5 Å². The molecular formula is C14H26N2O2S. The summed E-state index contributed by atoms with van der Waals surface area (Å²) in [6.07, 6.45) is 0.992. The number of ether oxygens (including phenoxy) is 2. The van der Waals surface area contributed by atoms with Crippen molar-refractivity contribution in [3.8, 4) is 0 Å². The third-order valence-electron chi connectivity index (χ3n) is 3.18. The number of thiazole rings is 1. The fourth-order valence-corrected chi connectivity index (χ4v) is 3.34. The monoisotopic (exact) mass is 286 g/mol. The van der Waals surface area contributed by atoms with E-state index < -0.39 is 0 Å². The Hall–Kier alpha value is -0.490. The van der Waals surface area contributed by atoms with Gasteiger partial charge in [0.1, 0.15) is 5.01 Å². The summed E-state index contributed by atoms with van der Waals surface area (Å²) < 4.78 is 10.4. The lowest BCUT2D eigenvalue weighted by molar-refractivity contribution is 0.133. The highest BCUT2D eigenvalue weighted by Gasteiger charge is 2.22. The zero-order valence-corrected chi connectivity index (χ0v) is 13.5. The Kier molecular flexibility index (Phi) is 7.53. The number of hydrogen-bond acceptors (Lipinski definition) is 5. The highest BCUT2D eigenvalue weighted by atomic mass is 32.1. The van der Waals surface area contributed by atoms with E-state index in [0.29, 0.717) is 12.5 Å². The van der Waals surface area contributed by atoms with Gasteiger partial charge in [-0.1, -0.05) is 13.8 Å². The van der Waals surface area contributed by atoms with Gasteiger partial charge in [-0.15, -0.1) is 11.3 Å². The average molecular weight is 286 g/mol. The number of nitrogens with one attached hydrogen (secondary N) is 1. The van der Waals surface area contributed by atoms with Gasteiger partial charge in [-0.25, -0.2) is 4.98 Å². The van der Waals surface area contributed by atoms with E-state index >= 15 is 0 Å². The van der Waals surface area contributed by atoms with E-state index in [1.54, 1.807) is 25.6 Å². The number of aromatic nitrogens is 1. The van der Waals surface area contributed by atoms with Gasteiger partial charge < -0.3 is 14.8 Å². The Morgan fingerprint density at radius 3 is 2.58 bits per heavy atom. The minimum atomic E-state index is 0.235. The first kappa shape index (κ1) is 16.6. The van der Waals surface area contributed by atoms with Crippen molar-refractivity contribution >= 4 is 11.3 Å². The number of rotatable bonds is 9. The molecule has 0 aromatic carbocycles. The van der Waals surface area contributed by atoms with Crippen LogP contribution in [0.4, 0.5) is 0 Å². The first-order chi connectivity index (χ1) is 9.13. The molecule has 0 bridgehead atoms. The Morgan fingerprint density at radius 1 is 1.32 bits per heavy atom. The van der Waals surface area contributed by atoms with Gasteiger partial charge in [0, 0.05) is 31.6 Å². The second-order valence-corrected chi connectivity index (χ2v) is 6.00. The average Bonchev–Trinajstić information content (AvgIpc) is 2.76. The van der Waals surface area contributed by atoms with Crippen LogP contribution in [0, 0.1) is 12.8 Å². The van der Waals surface area contributed by atoms with Gasteiger partial charge in [-0.3, -0.25) is 0 Å². The summed E-state index contributed by atoms with van der Waals surface area (Å²) in [5.74, 6) is 0.386. The number of methoxy groups -OCH3 is 2. The third-order valence-corrected chi connectivity index (χ3v) is 4.28. The lowest BCUT2D eigenvalue weighted by atomic mass is 10.0. The summed E-state index contributed by atoms with van der Waals surface area (Å²) in [6.45, 7) is 8.75. The lowest BCUT2D eigenvalue weighted by Gasteiger charge is -2.22. The van der Waals surface area contributed by atoms with Gasteiger partial charge in [0.25, 0.3) is 0 Å². The minimum Gasteiger partial charge on any atom is -0.384 e. The van der Waals surface area contributed by atoms with Crippen molar-refractivity contribution < 1.29 is 9.47 Å². The largest absolute Gasteiger partial charge is 0.384 e. The van der Waals surface area contributed by atoms with E-state index in [2.05, 4.69) is 26.1 Å². The lowest BCUT2D eigenvalue weighted by Crippen LogP contribution is -2.31. The molecule has 1 aromatic heterocycles. The van der Waals surface area contributed by atoms with E-state index in [0.717, 1.165) is 24.6 Å². The maximum absolute atomic E-state index is 5.28. The second kappa shape index (κ2) is 8.64. The van der Waals surface area contributed by atoms with Crippen molar-refractivity contribution in [2.45, 2.75) is 33.2 Å². The molecule has 1 N–H and O–H groups in total. The van der Waals surface area contributed by atoms with Crippen LogP contribution in [0.15, 0.2) is 0 Å². The first-order valence-electron chi connectivity index (χ1n) is 6.81. The van der Waals surface area contributed by atoms with Crippen LogP contribution >= 0.6 is 11.3 Å². The Bertz CT molecular complexity index is 368. The first-order valence-corrected chi connectivity index (χ1v) is 7.63. The Morgan fingerprint density at radius 2 is 2.05 bits per heavy atom. The molecule has 1 heterocycles. The molecule has 4 nitrogen and oxygen atoms in total. The topological polar surface area (TPSA) is 43.4 Å². The molecule has 19 heavy (non-hydrogen) atoms. The SMILES string of the molecule is CCc1nc(C(NCCOC)C(C)COC)sc1C. The quantitative estimate of drug-likeness (QED) is 0.709. The van der Waals surface area contributed by atoms with E-state index in [1.165, 1.54) is 10.6 Å². The fraction of sp³-hybridized carbons (Fsp3) is 0.786. The van der Waals surface area contributed by atoms with Crippen molar-refractivity contribution in [1.82, 2.24) is 10.3 Å². The second-order valence-electron chi connectivity index (χ2n) is 4.77. The molecule has 2 atom stereocenters. The van der Waals surface area contributed by atoms with E-state index in [4.69, 9.17) is 14.5 Å². The summed E-state index contributed by atoms with van der Waals surface area (Å²) in [5, 5.41) is 4.69. The van der Waals surface area contributed by atoms with Crippen molar-refractivity contribution in [3.05, 3.63) is 15.6 Å². The van der Waals surface area contributed by atoms with Gasteiger partial charge in [-0.05, 0) is 13.3 Å². The predicted molar refractivity (Wildman–Crippen MR) is 79.9 cm³/mol. The van der Waals surface area contributed by atoms with Gasteiger partial charge in [0.15, 0.2) is 0 Å². The molecule has 0 aliphatic carbocycles. The van der Waals surface area contributed by atoms with Crippen LogP contribution in [0.5, 0.6) is 0 Å². The molecule has 5 heteroatoms. The van der Waals surface area contributed by atoms with Crippen LogP contribution in [-0.4, -0.2) is 39.0 Å². The van der Waals surface area contributed by atoms with Crippen LogP contribution in [0.25, 0.3) is 0 Å². The van der Waals surface area contributed by atoms with Crippen LogP contribution in [0.2, 0.25) is 0 Å². The summed E-state index contributed by atoms with van der Waals surface area (Å²) >= 11 is 1.79. The molecule has 110 valence electrons. The predicted octanol–water partition coefficient (Wildman–Crippen LogP) is 2.57. The van der Waals surface area contributed by atoms with Crippen molar-refractivity contribution in [2.75, 3.05) is 34.0 Å². The van der Waals surface area contributed by atoms with E-state index in [9.17, 15) is 0 Å². The molecule has 0 aliphatic heterocycles. The molecule has 0 fully saturated rings. The zero-order valence-electron chi connectivity index (χ0n) is 12.7. The number of nitrogens with zero attached hydrogens (tertiary/aromatic N) is 1. The Labute approximate surface area is 120 Å². The maximum atomic E-state index is 5.28. The van der Waals surface area contributed by atoms with E-state index in [1.807, 2.05) is 0 Å². The van der Waals surface area contributed by atoms with Gasteiger partial charge in [0.2, 0.25) is 0 Å². The summed E-state index contributed by atoms with van der Waals surface area (Å²) in [4.78, 5) is 6.09. The number of hydrogen-bond donors (Lipinski definition) is 1.